The molecule has 3 rings (SSSR count). The lowest BCUT2D eigenvalue weighted by molar-refractivity contribution is 0.415. The Hall–Kier alpha value is -2.97. The molecule has 0 saturated carbocycles. The van der Waals surface area contributed by atoms with Crippen LogP contribution in [0.2, 0.25) is 0 Å². The average Bonchev–Trinajstić information content (AvgIpc) is 2.70. The van der Waals surface area contributed by atoms with Crippen LogP contribution in [0.15, 0.2) is 70.4 Å². The molecule has 0 amide bonds. The Morgan fingerprint density at radius 2 is 1.68 bits per heavy atom. The summed E-state index contributed by atoms with van der Waals surface area (Å²) in [6.07, 6.45) is 0. The van der Waals surface area contributed by atoms with Gasteiger partial charge in [0.1, 0.15) is 5.75 Å². The van der Waals surface area contributed by atoms with Gasteiger partial charge in [-0.1, -0.05) is 17.7 Å². The monoisotopic (exact) mass is 399 g/mol. The number of nitrogens with one attached hydrogen (secondary N) is 1. The van der Waals surface area contributed by atoms with Gasteiger partial charge in [-0.2, -0.15) is 5.10 Å². The van der Waals surface area contributed by atoms with Gasteiger partial charge in [-0.3, -0.25) is 4.79 Å². The molecule has 0 radical (unpaired) electrons. The largest absolute Gasteiger partial charge is 0.497 e. The van der Waals surface area contributed by atoms with E-state index in [1.54, 1.807) is 37.4 Å². The number of aromatic nitrogens is 2. The maximum atomic E-state index is 12.3. The fourth-order valence-corrected chi connectivity index (χ4v) is 3.63. The van der Waals surface area contributed by atoms with Crippen molar-refractivity contribution in [1.29, 1.82) is 0 Å². The van der Waals surface area contributed by atoms with Crippen molar-refractivity contribution < 1.29 is 13.2 Å². The van der Waals surface area contributed by atoms with Gasteiger partial charge in [0.15, 0.2) is 0 Å². The molecule has 0 spiro atoms. The Labute approximate surface area is 163 Å². The second-order valence-electron chi connectivity index (χ2n) is 6.22. The van der Waals surface area contributed by atoms with E-state index in [2.05, 4.69) is 9.82 Å². The van der Waals surface area contributed by atoms with Crippen LogP contribution in [0.3, 0.4) is 0 Å². The highest BCUT2D eigenvalue weighted by atomic mass is 32.2. The van der Waals surface area contributed by atoms with Gasteiger partial charge in [0, 0.05) is 18.2 Å². The molecule has 8 heteroatoms. The first-order valence-electron chi connectivity index (χ1n) is 8.68. The third kappa shape index (κ3) is 4.65. The summed E-state index contributed by atoms with van der Waals surface area (Å²) in [6, 6.07) is 16.9. The molecule has 0 aliphatic rings. The number of aryl methyl sites for hydroxylation is 1. The number of methoxy groups -OCH3 is 1. The third-order valence-electron chi connectivity index (χ3n) is 4.20. The van der Waals surface area contributed by atoms with E-state index in [4.69, 9.17) is 4.74 Å². The smallest absolute Gasteiger partial charge is 0.266 e. The molecule has 1 N–H and O–H groups in total. The standard InChI is InChI=1S/C20H21N3O4S/c1-15-3-9-18(10-4-15)28(25,26)21-13-14-23-20(24)12-11-19(22-23)16-5-7-17(27-2)8-6-16/h3-12,21H,13-14H2,1-2H3. The first-order valence-corrected chi connectivity index (χ1v) is 10.2. The van der Waals surface area contributed by atoms with Gasteiger partial charge in [0.25, 0.3) is 5.56 Å². The molecular formula is C20H21N3O4S. The predicted molar refractivity (Wildman–Crippen MR) is 107 cm³/mol. The van der Waals surface area contributed by atoms with Gasteiger partial charge in [-0.05, 0) is 49.4 Å². The van der Waals surface area contributed by atoms with E-state index < -0.39 is 10.0 Å². The van der Waals surface area contributed by atoms with E-state index in [1.165, 1.54) is 10.7 Å². The minimum absolute atomic E-state index is 0.0508. The van der Waals surface area contributed by atoms with Crippen LogP contribution < -0.4 is 15.0 Å². The lowest BCUT2D eigenvalue weighted by Gasteiger charge is -2.10. The van der Waals surface area contributed by atoms with Crippen molar-refractivity contribution in [2.75, 3.05) is 13.7 Å². The molecule has 0 aliphatic carbocycles. The maximum absolute atomic E-state index is 12.3. The zero-order chi connectivity index (χ0) is 20.1. The summed E-state index contributed by atoms with van der Waals surface area (Å²) in [7, 11) is -2.05. The fourth-order valence-electron chi connectivity index (χ4n) is 2.61. The molecule has 7 nitrogen and oxygen atoms in total. The van der Waals surface area contributed by atoms with E-state index in [0.717, 1.165) is 16.9 Å². The van der Waals surface area contributed by atoms with Gasteiger partial charge in [0.05, 0.1) is 24.2 Å². The highest BCUT2D eigenvalue weighted by molar-refractivity contribution is 7.89. The van der Waals surface area contributed by atoms with Gasteiger partial charge in [-0.15, -0.1) is 0 Å². The molecule has 0 fully saturated rings. The SMILES string of the molecule is COc1ccc(-c2ccc(=O)n(CCNS(=O)(=O)c3ccc(C)cc3)n2)cc1. The zero-order valence-electron chi connectivity index (χ0n) is 15.6. The molecule has 0 bridgehead atoms. The van der Waals surface area contributed by atoms with Gasteiger partial charge in [-0.25, -0.2) is 17.8 Å². The van der Waals surface area contributed by atoms with Crippen molar-refractivity contribution in [3.8, 4) is 17.0 Å². The quantitative estimate of drug-likeness (QED) is 0.658. The van der Waals surface area contributed by atoms with Gasteiger partial charge in [0.2, 0.25) is 10.0 Å². The number of sulfonamides is 1. The molecule has 0 saturated heterocycles. The Kier molecular flexibility index (Phi) is 5.91. The van der Waals surface area contributed by atoms with Crippen LogP contribution in [0.5, 0.6) is 5.75 Å². The first-order chi connectivity index (χ1) is 13.4. The fraction of sp³-hybridized carbons (Fsp3) is 0.200. The summed E-state index contributed by atoms with van der Waals surface area (Å²) >= 11 is 0. The molecule has 0 atom stereocenters. The number of ether oxygens (including phenoxy) is 1. The van der Waals surface area contributed by atoms with E-state index in [1.807, 2.05) is 31.2 Å². The minimum Gasteiger partial charge on any atom is -0.497 e. The number of nitrogens with zero attached hydrogens (tertiary/aromatic N) is 2. The van der Waals surface area contributed by atoms with Crippen molar-refractivity contribution in [2.45, 2.75) is 18.4 Å². The van der Waals surface area contributed by atoms with Crippen LogP contribution in [0.4, 0.5) is 0 Å². The van der Waals surface area contributed by atoms with Crippen LogP contribution in [0, 0.1) is 6.92 Å². The molecular weight excluding hydrogens is 378 g/mol. The van der Waals surface area contributed by atoms with Crippen molar-refractivity contribution in [3.63, 3.8) is 0 Å². The number of rotatable bonds is 7. The molecule has 2 aromatic carbocycles. The van der Waals surface area contributed by atoms with E-state index >= 15 is 0 Å². The van der Waals surface area contributed by atoms with Crippen molar-refractivity contribution in [3.05, 3.63) is 76.6 Å². The number of benzene rings is 2. The van der Waals surface area contributed by atoms with E-state index in [0.29, 0.717) is 5.69 Å². The van der Waals surface area contributed by atoms with Crippen LogP contribution in [0.1, 0.15) is 5.56 Å². The van der Waals surface area contributed by atoms with E-state index in [-0.39, 0.29) is 23.5 Å². The minimum atomic E-state index is -3.64. The Morgan fingerprint density at radius 1 is 1.00 bits per heavy atom. The van der Waals surface area contributed by atoms with Crippen molar-refractivity contribution in [1.82, 2.24) is 14.5 Å². The number of hydrogen-bond acceptors (Lipinski definition) is 5. The lowest BCUT2D eigenvalue weighted by Crippen LogP contribution is -2.32. The zero-order valence-corrected chi connectivity index (χ0v) is 16.4. The molecule has 28 heavy (non-hydrogen) atoms. The highest BCUT2D eigenvalue weighted by Gasteiger charge is 2.13. The molecule has 0 unspecified atom stereocenters. The second-order valence-corrected chi connectivity index (χ2v) is 7.99. The lowest BCUT2D eigenvalue weighted by atomic mass is 10.1. The van der Waals surface area contributed by atoms with Crippen LogP contribution >= 0.6 is 0 Å². The van der Waals surface area contributed by atoms with Gasteiger partial charge >= 0.3 is 0 Å². The molecule has 3 aromatic rings. The molecule has 1 aromatic heterocycles. The second kappa shape index (κ2) is 8.37. The van der Waals surface area contributed by atoms with E-state index in [9.17, 15) is 13.2 Å². The summed E-state index contributed by atoms with van der Waals surface area (Å²) in [6.45, 7) is 2.06. The maximum Gasteiger partial charge on any atom is 0.266 e. The summed E-state index contributed by atoms with van der Waals surface area (Å²) in [5, 5.41) is 4.33. The summed E-state index contributed by atoms with van der Waals surface area (Å²) in [5.74, 6) is 0.725. The van der Waals surface area contributed by atoms with Crippen molar-refractivity contribution in [2.24, 2.45) is 0 Å². The van der Waals surface area contributed by atoms with Crippen LogP contribution in [0.25, 0.3) is 11.3 Å². The van der Waals surface area contributed by atoms with Gasteiger partial charge < -0.3 is 4.74 Å². The molecule has 0 aliphatic heterocycles. The summed E-state index contributed by atoms with van der Waals surface area (Å²) in [4.78, 5) is 12.3. The Morgan fingerprint density at radius 3 is 2.32 bits per heavy atom. The summed E-state index contributed by atoms with van der Waals surface area (Å²) < 4.78 is 33.6. The van der Waals surface area contributed by atoms with Crippen molar-refractivity contribution >= 4 is 10.0 Å². The number of hydrogen-bond donors (Lipinski definition) is 1. The predicted octanol–water partition coefficient (Wildman–Crippen LogP) is 2.21. The normalized spacial score (nSPS) is 11.4. The first kappa shape index (κ1) is 19.8. The third-order valence-corrected chi connectivity index (χ3v) is 5.68. The Bertz CT molecular complexity index is 1110. The van der Waals surface area contributed by atoms with Crippen LogP contribution in [-0.4, -0.2) is 31.9 Å². The average molecular weight is 399 g/mol. The Balaban J connectivity index is 1.72. The van der Waals surface area contributed by atoms with Crippen LogP contribution in [-0.2, 0) is 16.6 Å². The molecule has 146 valence electrons. The molecule has 1 heterocycles. The highest BCUT2D eigenvalue weighted by Crippen LogP contribution is 2.19. The topological polar surface area (TPSA) is 90.3 Å². The summed E-state index contributed by atoms with van der Waals surface area (Å²) in [5.41, 5.74) is 2.12.